The van der Waals surface area contributed by atoms with E-state index in [1.54, 1.807) is 0 Å². The first-order chi connectivity index (χ1) is 9.88. The first kappa shape index (κ1) is 17.7. The van der Waals surface area contributed by atoms with E-state index in [1.807, 2.05) is 6.92 Å². The summed E-state index contributed by atoms with van der Waals surface area (Å²) in [5.41, 5.74) is 2.69. The SMILES string of the molecule is CCCC(=O)CCCc1cc(C(C)(C)C)ccc1OCC. The molecule has 21 heavy (non-hydrogen) atoms. The van der Waals surface area contributed by atoms with Crippen LogP contribution in [0.15, 0.2) is 18.2 Å². The van der Waals surface area contributed by atoms with Crippen molar-refractivity contribution >= 4 is 5.78 Å². The second kappa shape index (κ2) is 8.21. The van der Waals surface area contributed by atoms with E-state index in [2.05, 4.69) is 45.9 Å². The van der Waals surface area contributed by atoms with Gasteiger partial charge in [-0.15, -0.1) is 0 Å². The van der Waals surface area contributed by atoms with E-state index < -0.39 is 0 Å². The van der Waals surface area contributed by atoms with Crippen LogP contribution in [-0.4, -0.2) is 12.4 Å². The molecule has 0 unspecified atom stereocenters. The monoisotopic (exact) mass is 290 g/mol. The Morgan fingerprint density at radius 3 is 2.43 bits per heavy atom. The van der Waals surface area contributed by atoms with Crippen molar-refractivity contribution in [2.75, 3.05) is 6.61 Å². The van der Waals surface area contributed by atoms with Gasteiger partial charge in [-0.3, -0.25) is 4.79 Å². The van der Waals surface area contributed by atoms with Gasteiger partial charge in [0.05, 0.1) is 6.61 Å². The van der Waals surface area contributed by atoms with Crippen LogP contribution in [0, 0.1) is 0 Å². The van der Waals surface area contributed by atoms with Crippen LogP contribution in [0.4, 0.5) is 0 Å². The Labute approximate surface area is 129 Å². The maximum atomic E-state index is 11.6. The van der Waals surface area contributed by atoms with E-state index in [0.29, 0.717) is 25.2 Å². The van der Waals surface area contributed by atoms with E-state index in [0.717, 1.165) is 25.0 Å². The van der Waals surface area contributed by atoms with Crippen molar-refractivity contribution in [2.45, 2.75) is 72.1 Å². The van der Waals surface area contributed by atoms with Crippen LogP contribution in [0.25, 0.3) is 0 Å². The van der Waals surface area contributed by atoms with Crippen molar-refractivity contribution in [3.8, 4) is 5.75 Å². The molecule has 0 fully saturated rings. The minimum Gasteiger partial charge on any atom is -0.494 e. The molecule has 1 rings (SSSR count). The fourth-order valence-corrected chi connectivity index (χ4v) is 2.42. The van der Waals surface area contributed by atoms with Gasteiger partial charge in [-0.2, -0.15) is 0 Å². The standard InChI is InChI=1S/C19H30O2/c1-6-9-17(20)11-8-10-15-14-16(19(3,4)5)12-13-18(15)21-7-2/h12-14H,6-11H2,1-5H3. The molecule has 0 radical (unpaired) electrons. The van der Waals surface area contributed by atoms with Gasteiger partial charge in [0.15, 0.2) is 0 Å². The lowest BCUT2D eigenvalue weighted by Crippen LogP contribution is -2.12. The predicted molar refractivity (Wildman–Crippen MR) is 89.2 cm³/mol. The lowest BCUT2D eigenvalue weighted by molar-refractivity contribution is -0.119. The number of benzene rings is 1. The molecule has 0 heterocycles. The molecule has 2 nitrogen and oxygen atoms in total. The molecule has 1 aromatic rings. The summed E-state index contributed by atoms with van der Waals surface area (Å²) in [7, 11) is 0. The molecule has 2 heteroatoms. The molecule has 0 saturated carbocycles. The summed E-state index contributed by atoms with van der Waals surface area (Å²) in [6.45, 7) is 11.4. The van der Waals surface area contributed by atoms with E-state index in [4.69, 9.17) is 4.74 Å². The molecule has 0 aromatic heterocycles. The van der Waals surface area contributed by atoms with Crippen LogP contribution in [0.3, 0.4) is 0 Å². The average Bonchev–Trinajstić information content (AvgIpc) is 2.40. The number of carbonyl (C=O) groups excluding carboxylic acids is 1. The first-order valence-corrected chi connectivity index (χ1v) is 8.16. The summed E-state index contributed by atoms with van der Waals surface area (Å²) >= 11 is 0. The van der Waals surface area contributed by atoms with Crippen molar-refractivity contribution in [3.05, 3.63) is 29.3 Å². The Morgan fingerprint density at radius 1 is 1.14 bits per heavy atom. The first-order valence-electron chi connectivity index (χ1n) is 8.16. The quantitative estimate of drug-likeness (QED) is 0.667. The highest BCUT2D eigenvalue weighted by molar-refractivity contribution is 5.78. The highest BCUT2D eigenvalue weighted by atomic mass is 16.5. The summed E-state index contributed by atoms with van der Waals surface area (Å²) in [6.07, 6.45) is 4.16. The van der Waals surface area contributed by atoms with Gasteiger partial charge in [0, 0.05) is 12.8 Å². The Balaban J connectivity index is 2.79. The molecule has 0 saturated heterocycles. The van der Waals surface area contributed by atoms with E-state index in [9.17, 15) is 4.79 Å². The van der Waals surface area contributed by atoms with Crippen LogP contribution in [0.5, 0.6) is 5.75 Å². The lowest BCUT2D eigenvalue weighted by Gasteiger charge is -2.21. The average molecular weight is 290 g/mol. The number of rotatable bonds is 8. The number of Topliss-reactive ketones (excluding diaryl/α,β-unsaturated/α-hetero) is 1. The van der Waals surface area contributed by atoms with Gasteiger partial charge >= 0.3 is 0 Å². The summed E-state index contributed by atoms with van der Waals surface area (Å²) in [4.78, 5) is 11.6. The number of hydrogen-bond donors (Lipinski definition) is 0. The van der Waals surface area contributed by atoms with Gasteiger partial charge < -0.3 is 4.74 Å². The number of carbonyl (C=O) groups is 1. The summed E-state index contributed by atoms with van der Waals surface area (Å²) in [6, 6.07) is 6.47. The molecule has 0 aliphatic heterocycles. The summed E-state index contributed by atoms with van der Waals surface area (Å²) in [5, 5.41) is 0. The number of ketones is 1. The molecule has 0 bridgehead atoms. The van der Waals surface area contributed by atoms with Crippen LogP contribution in [-0.2, 0) is 16.6 Å². The fraction of sp³-hybridized carbons (Fsp3) is 0.632. The zero-order valence-corrected chi connectivity index (χ0v) is 14.3. The van der Waals surface area contributed by atoms with Crippen LogP contribution >= 0.6 is 0 Å². The third-order valence-corrected chi connectivity index (χ3v) is 3.66. The molecule has 0 amide bonds. The van der Waals surface area contributed by atoms with Gasteiger partial charge in [0.25, 0.3) is 0 Å². The molecule has 0 spiro atoms. The second-order valence-corrected chi connectivity index (χ2v) is 6.65. The molecule has 0 aliphatic rings. The van der Waals surface area contributed by atoms with Gasteiger partial charge in [0.1, 0.15) is 11.5 Å². The second-order valence-electron chi connectivity index (χ2n) is 6.65. The Morgan fingerprint density at radius 2 is 1.86 bits per heavy atom. The third-order valence-electron chi connectivity index (χ3n) is 3.66. The summed E-state index contributed by atoms with van der Waals surface area (Å²) in [5.74, 6) is 1.34. The summed E-state index contributed by atoms with van der Waals surface area (Å²) < 4.78 is 5.72. The minimum atomic E-state index is 0.136. The van der Waals surface area contributed by atoms with Gasteiger partial charge in [-0.25, -0.2) is 0 Å². The minimum absolute atomic E-state index is 0.136. The van der Waals surface area contributed by atoms with E-state index in [1.165, 1.54) is 11.1 Å². The Kier molecular flexibility index (Phi) is 6.94. The van der Waals surface area contributed by atoms with Gasteiger partial charge in [0.2, 0.25) is 0 Å². The van der Waals surface area contributed by atoms with Crippen LogP contribution in [0.2, 0.25) is 0 Å². The van der Waals surface area contributed by atoms with E-state index in [-0.39, 0.29) is 5.41 Å². The Bertz CT molecular complexity index is 455. The highest BCUT2D eigenvalue weighted by Gasteiger charge is 2.16. The molecule has 0 aliphatic carbocycles. The maximum absolute atomic E-state index is 11.6. The predicted octanol–water partition coefficient (Wildman–Crippen LogP) is 5.07. The van der Waals surface area contributed by atoms with Crippen molar-refractivity contribution in [1.82, 2.24) is 0 Å². The molecule has 0 atom stereocenters. The number of ether oxygens (including phenoxy) is 1. The molecule has 0 N–H and O–H groups in total. The fourth-order valence-electron chi connectivity index (χ4n) is 2.42. The van der Waals surface area contributed by atoms with Gasteiger partial charge in [-0.05, 0) is 48.8 Å². The van der Waals surface area contributed by atoms with Crippen molar-refractivity contribution in [3.63, 3.8) is 0 Å². The maximum Gasteiger partial charge on any atom is 0.132 e. The third kappa shape index (κ3) is 5.91. The molecule has 118 valence electrons. The van der Waals surface area contributed by atoms with Crippen molar-refractivity contribution in [2.24, 2.45) is 0 Å². The lowest BCUT2D eigenvalue weighted by atomic mass is 9.85. The molecular formula is C19H30O2. The largest absolute Gasteiger partial charge is 0.494 e. The smallest absolute Gasteiger partial charge is 0.132 e. The van der Waals surface area contributed by atoms with Crippen LogP contribution in [0.1, 0.15) is 71.4 Å². The van der Waals surface area contributed by atoms with Gasteiger partial charge in [-0.1, -0.05) is 39.8 Å². The number of hydrogen-bond acceptors (Lipinski definition) is 2. The molecule has 1 aromatic carbocycles. The zero-order chi connectivity index (χ0) is 15.9. The van der Waals surface area contributed by atoms with E-state index >= 15 is 0 Å². The topological polar surface area (TPSA) is 26.3 Å². The zero-order valence-electron chi connectivity index (χ0n) is 14.3. The normalized spacial score (nSPS) is 11.5. The Hall–Kier alpha value is -1.31. The molecular weight excluding hydrogens is 260 g/mol. The number of aryl methyl sites for hydroxylation is 1. The van der Waals surface area contributed by atoms with Crippen LogP contribution < -0.4 is 4.74 Å². The van der Waals surface area contributed by atoms with Crippen molar-refractivity contribution < 1.29 is 9.53 Å². The van der Waals surface area contributed by atoms with Crippen molar-refractivity contribution in [1.29, 1.82) is 0 Å². The highest BCUT2D eigenvalue weighted by Crippen LogP contribution is 2.29.